The predicted octanol–water partition coefficient (Wildman–Crippen LogP) is 2.63. The molecular formula is C18H28N6OS. The van der Waals surface area contributed by atoms with Crippen molar-refractivity contribution in [1.29, 1.82) is 0 Å². The Morgan fingerprint density at radius 3 is 2.85 bits per heavy atom. The van der Waals surface area contributed by atoms with Gasteiger partial charge in [0.15, 0.2) is 11.8 Å². The monoisotopic (exact) mass is 376 g/mol. The summed E-state index contributed by atoms with van der Waals surface area (Å²) >= 11 is 1.81. The summed E-state index contributed by atoms with van der Waals surface area (Å²) in [5.74, 6) is 2.55. The first kappa shape index (κ1) is 18.7. The lowest BCUT2D eigenvalue weighted by atomic mass is 10.1. The van der Waals surface area contributed by atoms with Gasteiger partial charge in [0, 0.05) is 45.1 Å². The maximum atomic E-state index is 5.27. The number of piperidine rings is 1. The number of thiophene rings is 1. The van der Waals surface area contributed by atoms with E-state index in [1.165, 1.54) is 5.00 Å². The lowest BCUT2D eigenvalue weighted by Gasteiger charge is -2.33. The second-order valence-electron chi connectivity index (χ2n) is 6.81. The minimum Gasteiger partial charge on any atom is -0.363 e. The number of nitrogens with one attached hydrogen (secondary N) is 2. The molecule has 1 fully saturated rings. The van der Waals surface area contributed by atoms with Crippen molar-refractivity contribution in [2.24, 2.45) is 4.99 Å². The highest BCUT2D eigenvalue weighted by Crippen LogP contribution is 2.24. The quantitative estimate of drug-likeness (QED) is 0.596. The number of aromatic nitrogens is 2. The van der Waals surface area contributed by atoms with Gasteiger partial charge in [-0.05, 0) is 30.4 Å². The molecule has 3 rings (SSSR count). The summed E-state index contributed by atoms with van der Waals surface area (Å²) in [6.45, 7) is 6.99. The zero-order chi connectivity index (χ0) is 18.4. The minimum atomic E-state index is 0.287. The molecule has 1 saturated heterocycles. The number of hydrogen-bond acceptors (Lipinski definition) is 6. The van der Waals surface area contributed by atoms with E-state index in [2.05, 4.69) is 62.0 Å². The van der Waals surface area contributed by atoms with Gasteiger partial charge in [-0.25, -0.2) is 0 Å². The fourth-order valence-corrected chi connectivity index (χ4v) is 3.76. The van der Waals surface area contributed by atoms with Crippen molar-refractivity contribution in [2.45, 2.75) is 45.1 Å². The lowest BCUT2D eigenvalue weighted by Crippen LogP contribution is -2.49. The Kier molecular flexibility index (Phi) is 6.49. The second-order valence-corrected chi connectivity index (χ2v) is 7.73. The molecule has 0 saturated carbocycles. The van der Waals surface area contributed by atoms with Gasteiger partial charge in [0.1, 0.15) is 0 Å². The zero-order valence-electron chi connectivity index (χ0n) is 15.7. The summed E-state index contributed by atoms with van der Waals surface area (Å²) in [4.78, 5) is 11.2. The summed E-state index contributed by atoms with van der Waals surface area (Å²) in [6, 6.07) is 4.76. The minimum absolute atomic E-state index is 0.287. The van der Waals surface area contributed by atoms with Gasteiger partial charge in [0.05, 0.1) is 5.00 Å². The van der Waals surface area contributed by atoms with E-state index >= 15 is 0 Å². The van der Waals surface area contributed by atoms with Crippen molar-refractivity contribution in [1.82, 2.24) is 20.8 Å². The SMILES string of the molecule is CN=C(NCCc1nc(C(C)C)no1)NC1CCN(c2cccs2)CC1. The molecule has 0 aromatic carbocycles. The van der Waals surface area contributed by atoms with E-state index in [4.69, 9.17) is 4.52 Å². The maximum absolute atomic E-state index is 5.27. The van der Waals surface area contributed by atoms with E-state index in [0.717, 1.165) is 37.7 Å². The summed E-state index contributed by atoms with van der Waals surface area (Å²) in [6.07, 6.45) is 2.91. The van der Waals surface area contributed by atoms with Crippen LogP contribution < -0.4 is 15.5 Å². The molecule has 2 aromatic heterocycles. The number of aliphatic imine (C=N–C) groups is 1. The Hall–Kier alpha value is -2.09. The number of anilines is 1. The van der Waals surface area contributed by atoms with Crippen LogP contribution in [0.5, 0.6) is 0 Å². The third-order valence-corrected chi connectivity index (χ3v) is 5.44. The summed E-state index contributed by atoms with van der Waals surface area (Å²) in [5.41, 5.74) is 0. The molecule has 2 aromatic rings. The van der Waals surface area contributed by atoms with Crippen LogP contribution in [0.25, 0.3) is 0 Å². The highest BCUT2D eigenvalue weighted by Gasteiger charge is 2.20. The summed E-state index contributed by atoms with van der Waals surface area (Å²) in [7, 11) is 1.81. The van der Waals surface area contributed by atoms with E-state index in [0.29, 0.717) is 24.9 Å². The summed E-state index contributed by atoms with van der Waals surface area (Å²) < 4.78 is 5.27. The van der Waals surface area contributed by atoms with E-state index in [1.807, 2.05) is 11.3 Å². The molecule has 0 amide bonds. The van der Waals surface area contributed by atoms with Crippen LogP contribution in [0.2, 0.25) is 0 Å². The Balaban J connectivity index is 1.39. The Labute approximate surface area is 158 Å². The van der Waals surface area contributed by atoms with Gasteiger partial charge in [-0.1, -0.05) is 19.0 Å². The normalized spacial score (nSPS) is 16.3. The van der Waals surface area contributed by atoms with Gasteiger partial charge in [0.25, 0.3) is 0 Å². The Morgan fingerprint density at radius 2 is 2.23 bits per heavy atom. The highest BCUT2D eigenvalue weighted by atomic mass is 32.1. The molecule has 8 heteroatoms. The third-order valence-electron chi connectivity index (χ3n) is 4.51. The average Bonchev–Trinajstić information content (AvgIpc) is 3.33. The first-order chi connectivity index (χ1) is 12.7. The van der Waals surface area contributed by atoms with Crippen LogP contribution in [0.1, 0.15) is 44.3 Å². The lowest BCUT2D eigenvalue weighted by molar-refractivity contribution is 0.371. The highest BCUT2D eigenvalue weighted by molar-refractivity contribution is 7.14. The van der Waals surface area contributed by atoms with Crippen LogP contribution in [-0.4, -0.2) is 48.8 Å². The summed E-state index contributed by atoms with van der Waals surface area (Å²) in [5, 5.41) is 14.4. The first-order valence-corrected chi connectivity index (χ1v) is 10.1. The van der Waals surface area contributed by atoms with Crippen molar-refractivity contribution >= 4 is 22.3 Å². The van der Waals surface area contributed by atoms with Crippen LogP contribution >= 0.6 is 11.3 Å². The fraction of sp³-hybridized carbons (Fsp3) is 0.611. The molecule has 26 heavy (non-hydrogen) atoms. The standard InChI is InChI=1S/C18H28N6OS/c1-13(2)17-22-15(25-23-17)6-9-20-18(19-3)21-14-7-10-24(11-8-14)16-5-4-12-26-16/h4-5,12-14H,6-11H2,1-3H3,(H2,19,20,21). The zero-order valence-corrected chi connectivity index (χ0v) is 16.6. The molecule has 0 aliphatic carbocycles. The van der Waals surface area contributed by atoms with Crippen molar-refractivity contribution in [3.8, 4) is 0 Å². The fourth-order valence-electron chi connectivity index (χ4n) is 2.97. The number of rotatable bonds is 6. The van der Waals surface area contributed by atoms with Gasteiger partial charge < -0.3 is 20.1 Å². The topological polar surface area (TPSA) is 78.6 Å². The molecule has 142 valence electrons. The molecule has 1 aliphatic heterocycles. The first-order valence-electron chi connectivity index (χ1n) is 9.24. The molecule has 7 nitrogen and oxygen atoms in total. The van der Waals surface area contributed by atoms with E-state index < -0.39 is 0 Å². The number of hydrogen-bond donors (Lipinski definition) is 2. The average molecular weight is 377 g/mol. The van der Waals surface area contributed by atoms with Gasteiger partial charge in [-0.15, -0.1) is 11.3 Å². The van der Waals surface area contributed by atoms with E-state index in [-0.39, 0.29) is 5.92 Å². The Bertz CT molecular complexity index is 688. The van der Waals surface area contributed by atoms with Gasteiger partial charge in [0.2, 0.25) is 5.89 Å². The predicted molar refractivity (Wildman–Crippen MR) is 106 cm³/mol. The molecule has 0 radical (unpaired) electrons. The largest absolute Gasteiger partial charge is 0.363 e. The van der Waals surface area contributed by atoms with E-state index in [1.54, 1.807) is 7.05 Å². The molecule has 1 aliphatic rings. The van der Waals surface area contributed by atoms with Crippen molar-refractivity contribution < 1.29 is 4.52 Å². The molecule has 0 bridgehead atoms. The van der Waals surface area contributed by atoms with Gasteiger partial charge >= 0.3 is 0 Å². The molecule has 0 atom stereocenters. The van der Waals surface area contributed by atoms with Crippen LogP contribution in [0, 0.1) is 0 Å². The van der Waals surface area contributed by atoms with Crippen molar-refractivity contribution in [2.75, 3.05) is 31.6 Å². The van der Waals surface area contributed by atoms with Crippen LogP contribution in [-0.2, 0) is 6.42 Å². The number of guanidine groups is 1. The van der Waals surface area contributed by atoms with Gasteiger partial charge in [-0.2, -0.15) is 4.98 Å². The van der Waals surface area contributed by atoms with Crippen LogP contribution in [0.3, 0.4) is 0 Å². The van der Waals surface area contributed by atoms with Gasteiger partial charge in [-0.3, -0.25) is 4.99 Å². The van der Waals surface area contributed by atoms with Crippen molar-refractivity contribution in [3.63, 3.8) is 0 Å². The van der Waals surface area contributed by atoms with Crippen molar-refractivity contribution in [3.05, 3.63) is 29.2 Å². The molecule has 0 unspecified atom stereocenters. The second kappa shape index (κ2) is 9.02. The number of nitrogens with zero attached hydrogens (tertiary/aromatic N) is 4. The van der Waals surface area contributed by atoms with Crippen LogP contribution in [0.4, 0.5) is 5.00 Å². The third kappa shape index (κ3) is 4.97. The van der Waals surface area contributed by atoms with Crippen LogP contribution in [0.15, 0.2) is 27.0 Å². The molecule has 3 heterocycles. The molecular weight excluding hydrogens is 348 g/mol. The van der Waals surface area contributed by atoms with E-state index in [9.17, 15) is 0 Å². The molecule has 2 N–H and O–H groups in total. The molecule has 0 spiro atoms. The smallest absolute Gasteiger partial charge is 0.228 e. The maximum Gasteiger partial charge on any atom is 0.228 e. The Morgan fingerprint density at radius 1 is 1.42 bits per heavy atom.